The molecule has 5 heteroatoms. The molecule has 0 aliphatic carbocycles. The molecular formula is C11H13N3OS. The molecule has 0 unspecified atom stereocenters. The molecule has 0 radical (unpaired) electrons. The van der Waals surface area contributed by atoms with Crippen LogP contribution in [0.4, 0.5) is 0 Å². The summed E-state index contributed by atoms with van der Waals surface area (Å²) in [7, 11) is 0. The van der Waals surface area contributed by atoms with Crippen molar-refractivity contribution < 1.29 is 4.79 Å². The standard InChI is InChI=1S/C11H13N3OS/c15-11(4-3-10-2-1-5-16-10)12-6-9-7-13-14-8-9/h1-2,5,7-8H,3-4,6H2,(H,12,15)(H,13,14). The highest BCUT2D eigenvalue weighted by molar-refractivity contribution is 7.09. The fraction of sp³-hybridized carbons (Fsp3) is 0.273. The lowest BCUT2D eigenvalue weighted by Crippen LogP contribution is -2.22. The van der Waals surface area contributed by atoms with E-state index >= 15 is 0 Å². The van der Waals surface area contributed by atoms with E-state index in [4.69, 9.17) is 0 Å². The number of hydrogen-bond acceptors (Lipinski definition) is 3. The smallest absolute Gasteiger partial charge is 0.220 e. The van der Waals surface area contributed by atoms with Gasteiger partial charge in [0, 0.05) is 29.6 Å². The van der Waals surface area contributed by atoms with Crippen LogP contribution in [0.25, 0.3) is 0 Å². The van der Waals surface area contributed by atoms with Crippen LogP contribution < -0.4 is 5.32 Å². The molecule has 84 valence electrons. The highest BCUT2D eigenvalue weighted by Gasteiger charge is 2.03. The van der Waals surface area contributed by atoms with Crippen molar-refractivity contribution in [1.82, 2.24) is 15.5 Å². The van der Waals surface area contributed by atoms with Gasteiger partial charge in [-0.3, -0.25) is 9.89 Å². The Morgan fingerprint density at radius 2 is 2.50 bits per heavy atom. The second-order valence-corrected chi connectivity index (χ2v) is 4.49. The lowest BCUT2D eigenvalue weighted by molar-refractivity contribution is -0.121. The first-order valence-corrected chi connectivity index (χ1v) is 5.99. The van der Waals surface area contributed by atoms with Gasteiger partial charge in [-0.1, -0.05) is 6.07 Å². The number of nitrogens with one attached hydrogen (secondary N) is 2. The first kappa shape index (κ1) is 10.9. The Morgan fingerprint density at radius 3 is 3.19 bits per heavy atom. The van der Waals surface area contributed by atoms with Crippen LogP contribution in [0.5, 0.6) is 0 Å². The molecule has 0 fully saturated rings. The largest absolute Gasteiger partial charge is 0.352 e. The van der Waals surface area contributed by atoms with E-state index in [1.54, 1.807) is 23.7 Å². The monoisotopic (exact) mass is 235 g/mol. The molecule has 16 heavy (non-hydrogen) atoms. The molecule has 2 aromatic heterocycles. The zero-order chi connectivity index (χ0) is 11.2. The molecule has 0 aliphatic heterocycles. The summed E-state index contributed by atoms with van der Waals surface area (Å²) in [6.45, 7) is 0.541. The van der Waals surface area contributed by atoms with Crippen molar-refractivity contribution in [3.8, 4) is 0 Å². The van der Waals surface area contributed by atoms with E-state index in [9.17, 15) is 4.79 Å². The van der Waals surface area contributed by atoms with Crippen LogP contribution in [0.2, 0.25) is 0 Å². The second-order valence-electron chi connectivity index (χ2n) is 3.46. The van der Waals surface area contributed by atoms with E-state index in [0.717, 1.165) is 12.0 Å². The van der Waals surface area contributed by atoms with Gasteiger partial charge in [0.15, 0.2) is 0 Å². The first-order valence-electron chi connectivity index (χ1n) is 5.11. The van der Waals surface area contributed by atoms with Crippen molar-refractivity contribution in [2.45, 2.75) is 19.4 Å². The van der Waals surface area contributed by atoms with Crippen molar-refractivity contribution in [2.75, 3.05) is 0 Å². The molecule has 0 bridgehead atoms. The zero-order valence-corrected chi connectivity index (χ0v) is 9.59. The minimum atomic E-state index is 0.0783. The number of thiophene rings is 1. The molecule has 0 atom stereocenters. The quantitative estimate of drug-likeness (QED) is 0.829. The Balaban J connectivity index is 1.69. The minimum Gasteiger partial charge on any atom is -0.352 e. The number of rotatable bonds is 5. The predicted molar refractivity (Wildman–Crippen MR) is 63.1 cm³/mol. The van der Waals surface area contributed by atoms with E-state index in [1.807, 2.05) is 17.5 Å². The lowest BCUT2D eigenvalue weighted by Gasteiger charge is -2.02. The Labute approximate surface area is 97.7 Å². The number of aromatic amines is 1. The van der Waals surface area contributed by atoms with Gasteiger partial charge < -0.3 is 5.32 Å². The van der Waals surface area contributed by atoms with Crippen molar-refractivity contribution in [2.24, 2.45) is 0 Å². The normalized spacial score (nSPS) is 10.2. The molecule has 2 aromatic rings. The van der Waals surface area contributed by atoms with Crippen molar-refractivity contribution in [3.63, 3.8) is 0 Å². The number of carbonyl (C=O) groups excluding carboxylic acids is 1. The van der Waals surface area contributed by atoms with Crippen LogP contribution in [0.15, 0.2) is 29.9 Å². The SMILES string of the molecule is O=C(CCc1cccs1)NCc1cn[nH]c1. The van der Waals surface area contributed by atoms with Gasteiger partial charge in [-0.2, -0.15) is 5.10 Å². The number of H-pyrrole nitrogens is 1. The minimum absolute atomic E-state index is 0.0783. The fourth-order valence-electron chi connectivity index (χ4n) is 1.35. The maximum Gasteiger partial charge on any atom is 0.220 e. The fourth-order valence-corrected chi connectivity index (χ4v) is 2.06. The van der Waals surface area contributed by atoms with Gasteiger partial charge in [-0.25, -0.2) is 0 Å². The number of aromatic nitrogens is 2. The number of hydrogen-bond donors (Lipinski definition) is 2. The third kappa shape index (κ3) is 3.20. The highest BCUT2D eigenvalue weighted by atomic mass is 32.1. The molecule has 0 saturated carbocycles. The molecule has 0 saturated heterocycles. The maximum atomic E-state index is 11.5. The van der Waals surface area contributed by atoms with Crippen LogP contribution in [-0.2, 0) is 17.8 Å². The summed E-state index contributed by atoms with van der Waals surface area (Å²) in [5.74, 6) is 0.0783. The lowest BCUT2D eigenvalue weighted by atomic mass is 10.2. The average Bonchev–Trinajstić information content (AvgIpc) is 2.96. The van der Waals surface area contributed by atoms with Gasteiger partial charge in [-0.05, 0) is 17.9 Å². The van der Waals surface area contributed by atoms with E-state index < -0.39 is 0 Å². The molecule has 0 aromatic carbocycles. The molecule has 0 aliphatic rings. The summed E-state index contributed by atoms with van der Waals surface area (Å²) >= 11 is 1.69. The van der Waals surface area contributed by atoms with Crippen LogP contribution >= 0.6 is 11.3 Å². The Bertz CT molecular complexity index is 382. The van der Waals surface area contributed by atoms with Crippen LogP contribution in [-0.4, -0.2) is 16.1 Å². The van der Waals surface area contributed by atoms with E-state index in [1.165, 1.54) is 4.88 Å². The van der Waals surface area contributed by atoms with Gasteiger partial charge in [0.05, 0.1) is 6.20 Å². The summed E-state index contributed by atoms with van der Waals surface area (Å²) in [4.78, 5) is 12.7. The molecular weight excluding hydrogens is 222 g/mol. The molecule has 1 amide bonds. The van der Waals surface area contributed by atoms with Crippen molar-refractivity contribution in [3.05, 3.63) is 40.3 Å². The third-order valence-electron chi connectivity index (χ3n) is 2.22. The van der Waals surface area contributed by atoms with Gasteiger partial charge in [0.1, 0.15) is 0 Å². The molecule has 2 heterocycles. The molecule has 2 rings (SSSR count). The summed E-state index contributed by atoms with van der Waals surface area (Å²) in [5, 5.41) is 11.4. The summed E-state index contributed by atoms with van der Waals surface area (Å²) in [5.41, 5.74) is 0.990. The number of amides is 1. The van der Waals surface area contributed by atoms with Gasteiger partial charge >= 0.3 is 0 Å². The van der Waals surface area contributed by atoms with Crippen molar-refractivity contribution >= 4 is 17.2 Å². The zero-order valence-electron chi connectivity index (χ0n) is 8.77. The van der Waals surface area contributed by atoms with E-state index in [-0.39, 0.29) is 5.91 Å². The third-order valence-corrected chi connectivity index (χ3v) is 3.16. The highest BCUT2D eigenvalue weighted by Crippen LogP contribution is 2.10. The van der Waals surface area contributed by atoms with Gasteiger partial charge in [0.2, 0.25) is 5.91 Å². The Morgan fingerprint density at radius 1 is 1.56 bits per heavy atom. The Kier molecular flexibility index (Phi) is 3.71. The van der Waals surface area contributed by atoms with E-state index in [2.05, 4.69) is 15.5 Å². The van der Waals surface area contributed by atoms with E-state index in [0.29, 0.717) is 13.0 Å². The topological polar surface area (TPSA) is 57.8 Å². The molecule has 4 nitrogen and oxygen atoms in total. The molecule has 0 spiro atoms. The summed E-state index contributed by atoms with van der Waals surface area (Å²) in [6.07, 6.45) is 4.84. The second kappa shape index (κ2) is 5.46. The molecule has 2 N–H and O–H groups in total. The number of aryl methyl sites for hydroxylation is 1. The predicted octanol–water partition coefficient (Wildman–Crippen LogP) is 1.72. The van der Waals surface area contributed by atoms with Crippen LogP contribution in [0.1, 0.15) is 16.9 Å². The average molecular weight is 235 g/mol. The number of carbonyl (C=O) groups is 1. The van der Waals surface area contributed by atoms with Gasteiger partial charge in [0.25, 0.3) is 0 Å². The number of nitrogens with zero attached hydrogens (tertiary/aromatic N) is 1. The Hall–Kier alpha value is -1.62. The van der Waals surface area contributed by atoms with Crippen LogP contribution in [0, 0.1) is 0 Å². The van der Waals surface area contributed by atoms with Crippen molar-refractivity contribution in [1.29, 1.82) is 0 Å². The van der Waals surface area contributed by atoms with Gasteiger partial charge in [-0.15, -0.1) is 11.3 Å². The summed E-state index contributed by atoms with van der Waals surface area (Å²) in [6, 6.07) is 4.05. The maximum absolute atomic E-state index is 11.5. The first-order chi connectivity index (χ1) is 7.84. The van der Waals surface area contributed by atoms with Crippen LogP contribution in [0.3, 0.4) is 0 Å². The summed E-state index contributed by atoms with van der Waals surface area (Å²) < 4.78 is 0.